The van der Waals surface area contributed by atoms with E-state index in [1.807, 2.05) is 55.4 Å². The fourth-order valence-electron chi connectivity index (χ4n) is 14.2. The van der Waals surface area contributed by atoms with E-state index < -0.39 is 99.7 Å². The standard InChI is InChI=1S/C69H84N8O12/c1-65(2)26-45(49(34-70)56(30-65)74-18-10-11-19-74)52(37-78)61(82)86-41-69(42-87-62(83)53(38-79)46-27-66(3,4)31-57(50(46)35-71)75-20-12-13-21-75,43-88-63(84)54(39-80)47-28-67(5,6)32-58(51(47)36-72)76-22-14-15-23-76)44-89-64(85)55(40-81)48-29-68(7,8)33-59(60(48)73-9)77-24-16-17-25-77/h37-40H,10-33,41-44H2,1-8H3/b52-45-,53-46+,54-47+,55-48+. The summed E-state index contributed by atoms with van der Waals surface area (Å²) >= 11 is 0. The molecule has 0 atom stereocenters. The predicted molar refractivity (Wildman–Crippen MR) is 325 cm³/mol. The summed E-state index contributed by atoms with van der Waals surface area (Å²) in [4.78, 5) is 125. The zero-order valence-electron chi connectivity index (χ0n) is 53.1. The number of ether oxygens (including phenoxy) is 4. The van der Waals surface area contributed by atoms with Crippen molar-refractivity contribution in [1.29, 1.82) is 15.8 Å². The second-order valence-electron chi connectivity index (χ2n) is 28.4. The van der Waals surface area contributed by atoms with E-state index in [1.165, 1.54) is 0 Å². The van der Waals surface area contributed by atoms with Crippen LogP contribution in [0.2, 0.25) is 0 Å². The first kappa shape index (κ1) is 66.6. The van der Waals surface area contributed by atoms with Gasteiger partial charge in [-0.3, -0.25) is 19.2 Å². The first-order chi connectivity index (χ1) is 42.3. The Kier molecular flexibility index (Phi) is 20.6. The summed E-state index contributed by atoms with van der Waals surface area (Å²) in [6.07, 6.45) is 10.7. The van der Waals surface area contributed by atoms with Gasteiger partial charge in [0.1, 0.15) is 66.8 Å². The number of hydrogen-bond acceptors (Lipinski definition) is 19. The van der Waals surface area contributed by atoms with Crippen LogP contribution in [-0.4, -0.2) is 147 Å². The molecule has 8 rings (SSSR count). The Labute approximate surface area is 523 Å². The number of carbonyl (C=O) groups excluding carboxylic acids is 8. The molecule has 4 saturated heterocycles. The van der Waals surface area contributed by atoms with Crippen molar-refractivity contribution in [3.05, 3.63) is 101 Å². The molecule has 4 heterocycles. The Bertz CT molecular complexity index is 2940. The van der Waals surface area contributed by atoms with Gasteiger partial charge in [-0.05, 0) is 147 Å². The Morgan fingerprint density at radius 1 is 0.416 bits per heavy atom. The highest BCUT2D eigenvalue weighted by molar-refractivity contribution is 6.11. The number of allylic oxidation sites excluding steroid dienone is 11. The van der Waals surface area contributed by atoms with Crippen LogP contribution in [0, 0.1) is 67.6 Å². The van der Waals surface area contributed by atoms with Gasteiger partial charge in [0.25, 0.3) is 0 Å². The van der Waals surface area contributed by atoms with Gasteiger partial charge in [0.05, 0.1) is 28.9 Å². The maximum absolute atomic E-state index is 14.9. The molecule has 0 unspecified atom stereocenters. The fourth-order valence-corrected chi connectivity index (χ4v) is 14.2. The van der Waals surface area contributed by atoms with Gasteiger partial charge in [-0.2, -0.15) is 15.8 Å². The van der Waals surface area contributed by atoms with Crippen LogP contribution < -0.4 is 0 Å². The molecule has 0 spiro atoms. The molecule has 4 fully saturated rings. The average molecular weight is 1220 g/mol. The van der Waals surface area contributed by atoms with Crippen LogP contribution >= 0.6 is 0 Å². The van der Waals surface area contributed by atoms with E-state index in [0.29, 0.717) is 126 Å². The smallest absolute Gasteiger partial charge is 0.341 e. The van der Waals surface area contributed by atoms with Gasteiger partial charge < -0.3 is 38.5 Å². The SMILES string of the molecule is [C-]#[N+]C1=C(N2CCCC2)CC(C)(C)C/C1=C(/C=O)C(=O)OCC(COC(=O)/C(C=O)=C1/CC(C)(C)CC(N2CCCC2)=C1C#N)(COC(=O)/C(C=O)=C1\CC(C)(C)CC(N2CCCC2)=C1C#N)COC(=O)/C(C=O)=C1\CC(C)(C)CC(N2CCCC2)=C1C#N. The predicted octanol–water partition coefficient (Wildman–Crippen LogP) is 9.25. The maximum atomic E-state index is 14.9. The number of hydrogen-bond donors (Lipinski definition) is 0. The monoisotopic (exact) mass is 1220 g/mol. The minimum Gasteiger partial charge on any atom is -0.461 e. The zero-order chi connectivity index (χ0) is 64.6. The molecule has 4 aliphatic heterocycles. The fraction of sp³-hybridized carbons (Fsp3) is 0.594. The average Bonchev–Trinajstić information content (AvgIpc) is 1.69. The topological polar surface area (TPSA) is 262 Å². The van der Waals surface area contributed by atoms with Crippen LogP contribution in [-0.2, 0) is 57.3 Å². The second kappa shape index (κ2) is 27.6. The van der Waals surface area contributed by atoms with Gasteiger partial charge in [0, 0.05) is 75.1 Å². The molecule has 0 bridgehead atoms. The van der Waals surface area contributed by atoms with Gasteiger partial charge in [-0.1, -0.05) is 55.4 Å². The van der Waals surface area contributed by atoms with E-state index in [9.17, 15) is 54.1 Å². The highest BCUT2D eigenvalue weighted by atomic mass is 16.6. The summed E-state index contributed by atoms with van der Waals surface area (Å²) in [7, 11) is 0. The Morgan fingerprint density at radius 3 is 0.876 bits per heavy atom. The summed E-state index contributed by atoms with van der Waals surface area (Å²) in [6, 6.07) is 6.74. The van der Waals surface area contributed by atoms with Crippen LogP contribution in [0.25, 0.3) is 4.85 Å². The summed E-state index contributed by atoms with van der Waals surface area (Å²) in [5.41, 5.74) is -2.55. The Balaban J connectivity index is 1.27. The largest absolute Gasteiger partial charge is 0.461 e. The summed E-state index contributed by atoms with van der Waals surface area (Å²) < 4.78 is 24.3. The molecule has 0 aromatic heterocycles. The van der Waals surface area contributed by atoms with Crippen molar-refractivity contribution in [3.8, 4) is 18.2 Å². The summed E-state index contributed by atoms with van der Waals surface area (Å²) in [6.45, 7) is 25.4. The van der Waals surface area contributed by atoms with Gasteiger partial charge in [0.2, 0.25) is 5.70 Å². The molecule has 0 radical (unpaired) electrons. The molecule has 20 nitrogen and oxygen atoms in total. The van der Waals surface area contributed by atoms with Crippen molar-refractivity contribution in [2.24, 2.45) is 27.1 Å². The van der Waals surface area contributed by atoms with E-state index in [1.54, 1.807) is 0 Å². The van der Waals surface area contributed by atoms with Crippen molar-refractivity contribution in [2.75, 3.05) is 78.8 Å². The number of rotatable bonds is 20. The van der Waals surface area contributed by atoms with E-state index >= 15 is 0 Å². The van der Waals surface area contributed by atoms with Gasteiger partial charge in [-0.25, -0.2) is 24.0 Å². The number of carbonyl (C=O) groups is 8. The molecule has 472 valence electrons. The lowest BCUT2D eigenvalue weighted by molar-refractivity contribution is -0.165. The van der Waals surface area contributed by atoms with Crippen LogP contribution in [0.3, 0.4) is 0 Å². The molecular formula is C69H84N8O12. The lowest BCUT2D eigenvalue weighted by Gasteiger charge is -2.38. The first-order valence-corrected chi connectivity index (χ1v) is 31.2. The highest BCUT2D eigenvalue weighted by Gasteiger charge is 2.45. The lowest BCUT2D eigenvalue weighted by atomic mass is 9.72. The third-order valence-corrected chi connectivity index (χ3v) is 18.6. The van der Waals surface area contributed by atoms with Crippen LogP contribution in [0.4, 0.5) is 0 Å². The summed E-state index contributed by atoms with van der Waals surface area (Å²) in [5.74, 6) is -4.97. The number of esters is 4. The van der Waals surface area contributed by atoms with Crippen LogP contribution in [0.15, 0.2) is 89.8 Å². The minimum absolute atomic E-state index is 0.117. The van der Waals surface area contributed by atoms with E-state index in [2.05, 4.69) is 42.7 Å². The zero-order valence-corrected chi connectivity index (χ0v) is 53.1. The highest BCUT2D eigenvalue weighted by Crippen LogP contribution is 2.49. The van der Waals surface area contributed by atoms with E-state index in [4.69, 9.17) is 25.5 Å². The van der Waals surface area contributed by atoms with Crippen molar-refractivity contribution >= 4 is 49.0 Å². The molecule has 20 heteroatoms. The van der Waals surface area contributed by atoms with E-state index in [0.717, 1.165) is 51.4 Å². The van der Waals surface area contributed by atoms with Gasteiger partial charge in [-0.15, -0.1) is 0 Å². The van der Waals surface area contributed by atoms with Crippen molar-refractivity contribution in [1.82, 2.24) is 19.6 Å². The van der Waals surface area contributed by atoms with Crippen LogP contribution in [0.5, 0.6) is 0 Å². The molecule has 89 heavy (non-hydrogen) atoms. The molecule has 0 N–H and O–H groups in total. The van der Waals surface area contributed by atoms with E-state index in [-0.39, 0.29) is 70.4 Å². The lowest BCUT2D eigenvalue weighted by Crippen LogP contribution is -2.44. The Hall–Kier alpha value is -8.36. The van der Waals surface area contributed by atoms with Crippen molar-refractivity contribution in [2.45, 2.75) is 158 Å². The number of aldehydes is 4. The quantitative estimate of drug-likeness (QED) is 0.0209. The molecule has 8 aliphatic rings. The number of nitriles is 3. The molecular weight excluding hydrogens is 1130 g/mol. The molecule has 0 amide bonds. The van der Waals surface area contributed by atoms with Crippen LogP contribution in [0.1, 0.15) is 158 Å². The second-order valence-corrected chi connectivity index (χ2v) is 28.4. The van der Waals surface area contributed by atoms with Crippen molar-refractivity contribution in [3.63, 3.8) is 0 Å². The summed E-state index contributed by atoms with van der Waals surface area (Å²) in [5, 5.41) is 32.2. The third-order valence-electron chi connectivity index (χ3n) is 18.6. The Morgan fingerprint density at radius 2 is 0.640 bits per heavy atom. The van der Waals surface area contributed by atoms with Crippen molar-refractivity contribution < 1.29 is 57.3 Å². The molecule has 0 aromatic rings. The van der Waals surface area contributed by atoms with Gasteiger partial charge in [0.15, 0.2) is 25.1 Å². The maximum Gasteiger partial charge on any atom is 0.341 e. The number of nitrogens with zero attached hydrogens (tertiary/aromatic N) is 8. The normalized spacial score (nSPS) is 23.8. The third kappa shape index (κ3) is 14.9. The molecule has 0 aromatic carbocycles. The molecule has 4 aliphatic carbocycles. The molecule has 0 saturated carbocycles. The minimum atomic E-state index is -2.24. The first-order valence-electron chi connectivity index (χ1n) is 31.2. The van der Waals surface area contributed by atoms with Gasteiger partial charge >= 0.3 is 23.9 Å². The number of likely N-dealkylation sites (tertiary alicyclic amines) is 4.